The standard InChI is InChI=1S/C17H25FN2O/c1-21-16-12-14(18)6-7-15(16)20-11-5-10-19-17(13-20)8-3-2-4-9-17/h6-7,12,19H,2-5,8-11,13H2,1H3. The Hall–Kier alpha value is -1.29. The maximum absolute atomic E-state index is 13.4. The van der Waals surface area contributed by atoms with Crippen LogP contribution in [0.25, 0.3) is 0 Å². The van der Waals surface area contributed by atoms with Gasteiger partial charge in [0.25, 0.3) is 0 Å². The third-order valence-corrected chi connectivity index (χ3v) is 4.89. The van der Waals surface area contributed by atoms with E-state index in [1.807, 2.05) is 6.07 Å². The summed E-state index contributed by atoms with van der Waals surface area (Å²) in [6.45, 7) is 3.06. The third kappa shape index (κ3) is 3.15. The van der Waals surface area contributed by atoms with Gasteiger partial charge in [-0.2, -0.15) is 0 Å². The lowest BCUT2D eigenvalue weighted by Gasteiger charge is -2.40. The van der Waals surface area contributed by atoms with E-state index in [1.165, 1.54) is 44.2 Å². The molecule has 1 aromatic carbocycles. The molecule has 1 spiro atoms. The number of halogens is 1. The van der Waals surface area contributed by atoms with Crippen LogP contribution in [0.5, 0.6) is 5.75 Å². The van der Waals surface area contributed by atoms with Crippen molar-refractivity contribution in [2.75, 3.05) is 31.6 Å². The zero-order valence-electron chi connectivity index (χ0n) is 12.8. The minimum atomic E-state index is -0.240. The molecule has 3 rings (SSSR count). The quantitative estimate of drug-likeness (QED) is 0.905. The summed E-state index contributed by atoms with van der Waals surface area (Å²) in [7, 11) is 1.62. The van der Waals surface area contributed by atoms with Crippen LogP contribution in [0.1, 0.15) is 38.5 Å². The van der Waals surface area contributed by atoms with Crippen molar-refractivity contribution in [1.29, 1.82) is 0 Å². The number of rotatable bonds is 2. The fourth-order valence-electron chi connectivity index (χ4n) is 3.81. The number of hydrogen-bond acceptors (Lipinski definition) is 3. The van der Waals surface area contributed by atoms with Gasteiger partial charge in [-0.3, -0.25) is 0 Å². The van der Waals surface area contributed by atoms with Gasteiger partial charge in [0.05, 0.1) is 12.8 Å². The highest BCUT2D eigenvalue weighted by Crippen LogP contribution is 2.35. The Morgan fingerprint density at radius 1 is 1.19 bits per heavy atom. The lowest BCUT2D eigenvalue weighted by atomic mass is 9.81. The molecule has 1 saturated heterocycles. The van der Waals surface area contributed by atoms with E-state index < -0.39 is 0 Å². The highest BCUT2D eigenvalue weighted by Gasteiger charge is 2.35. The Bertz CT molecular complexity index is 486. The fraction of sp³-hybridized carbons (Fsp3) is 0.647. The summed E-state index contributed by atoms with van der Waals surface area (Å²) in [6.07, 6.45) is 7.56. The Morgan fingerprint density at radius 3 is 2.76 bits per heavy atom. The average molecular weight is 292 g/mol. The molecule has 4 heteroatoms. The zero-order valence-corrected chi connectivity index (χ0v) is 12.8. The molecule has 21 heavy (non-hydrogen) atoms. The van der Waals surface area contributed by atoms with E-state index in [9.17, 15) is 4.39 Å². The molecule has 1 aliphatic carbocycles. The van der Waals surface area contributed by atoms with Crippen molar-refractivity contribution >= 4 is 5.69 Å². The molecule has 116 valence electrons. The van der Waals surface area contributed by atoms with Crippen molar-refractivity contribution in [2.24, 2.45) is 0 Å². The van der Waals surface area contributed by atoms with E-state index in [0.29, 0.717) is 5.75 Å². The first kappa shape index (κ1) is 14.6. The largest absolute Gasteiger partial charge is 0.494 e. The molecule has 0 atom stereocenters. The van der Waals surface area contributed by atoms with Gasteiger partial charge in [-0.05, 0) is 37.9 Å². The third-order valence-electron chi connectivity index (χ3n) is 4.89. The van der Waals surface area contributed by atoms with Gasteiger partial charge in [0.2, 0.25) is 0 Å². The lowest BCUT2D eigenvalue weighted by molar-refractivity contribution is 0.246. The van der Waals surface area contributed by atoms with Gasteiger partial charge in [-0.25, -0.2) is 4.39 Å². The normalized spacial score (nSPS) is 22.1. The topological polar surface area (TPSA) is 24.5 Å². The minimum Gasteiger partial charge on any atom is -0.494 e. The van der Waals surface area contributed by atoms with Crippen molar-refractivity contribution in [3.63, 3.8) is 0 Å². The van der Waals surface area contributed by atoms with Gasteiger partial charge in [0.1, 0.15) is 11.6 Å². The first-order valence-electron chi connectivity index (χ1n) is 8.06. The van der Waals surface area contributed by atoms with Crippen LogP contribution < -0.4 is 15.0 Å². The second-order valence-electron chi connectivity index (χ2n) is 6.36. The first-order chi connectivity index (χ1) is 10.2. The second kappa shape index (κ2) is 6.22. The van der Waals surface area contributed by atoms with Gasteiger partial charge in [0.15, 0.2) is 0 Å². The number of benzene rings is 1. The molecule has 1 aromatic rings. The molecular formula is C17H25FN2O. The highest BCUT2D eigenvalue weighted by atomic mass is 19.1. The van der Waals surface area contributed by atoms with Crippen molar-refractivity contribution in [3.8, 4) is 5.75 Å². The molecule has 3 nitrogen and oxygen atoms in total. The molecule has 0 unspecified atom stereocenters. The van der Waals surface area contributed by atoms with Crippen LogP contribution in [-0.2, 0) is 0 Å². The van der Waals surface area contributed by atoms with E-state index in [1.54, 1.807) is 7.11 Å². The summed E-state index contributed by atoms with van der Waals surface area (Å²) in [5.41, 5.74) is 1.25. The van der Waals surface area contributed by atoms with Crippen LogP contribution in [0.4, 0.5) is 10.1 Å². The van der Waals surface area contributed by atoms with Gasteiger partial charge < -0.3 is 15.0 Å². The summed E-state index contributed by atoms with van der Waals surface area (Å²) in [4.78, 5) is 2.38. The molecule has 0 amide bonds. The van der Waals surface area contributed by atoms with Crippen LogP contribution in [0.3, 0.4) is 0 Å². The van der Waals surface area contributed by atoms with Gasteiger partial charge in [0, 0.05) is 24.7 Å². The van der Waals surface area contributed by atoms with E-state index in [2.05, 4.69) is 10.2 Å². The maximum Gasteiger partial charge on any atom is 0.145 e. The van der Waals surface area contributed by atoms with Crippen molar-refractivity contribution in [3.05, 3.63) is 24.0 Å². The molecule has 1 heterocycles. The first-order valence-corrected chi connectivity index (χ1v) is 8.06. The summed E-state index contributed by atoms with van der Waals surface area (Å²) < 4.78 is 18.8. The van der Waals surface area contributed by atoms with Gasteiger partial charge in [-0.1, -0.05) is 19.3 Å². The van der Waals surface area contributed by atoms with Crippen LogP contribution in [0, 0.1) is 5.82 Å². The molecule has 1 aliphatic heterocycles. The van der Waals surface area contributed by atoms with E-state index in [4.69, 9.17) is 4.74 Å². The molecule has 0 radical (unpaired) electrons. The summed E-state index contributed by atoms with van der Waals surface area (Å²) >= 11 is 0. The average Bonchev–Trinajstić information content (AvgIpc) is 2.70. The number of ether oxygens (including phenoxy) is 1. The van der Waals surface area contributed by atoms with Crippen molar-refractivity contribution in [2.45, 2.75) is 44.1 Å². The molecule has 2 fully saturated rings. The van der Waals surface area contributed by atoms with Crippen LogP contribution in [-0.4, -0.2) is 32.3 Å². The summed E-state index contributed by atoms with van der Waals surface area (Å²) in [5, 5.41) is 3.79. The minimum absolute atomic E-state index is 0.230. The Morgan fingerprint density at radius 2 is 2.00 bits per heavy atom. The predicted molar refractivity (Wildman–Crippen MR) is 83.6 cm³/mol. The van der Waals surface area contributed by atoms with Crippen molar-refractivity contribution in [1.82, 2.24) is 5.32 Å². The molecule has 1 saturated carbocycles. The van der Waals surface area contributed by atoms with Crippen LogP contribution in [0.15, 0.2) is 18.2 Å². The maximum atomic E-state index is 13.4. The molecule has 1 N–H and O–H groups in total. The lowest BCUT2D eigenvalue weighted by Crippen LogP contribution is -2.52. The number of hydrogen-bond donors (Lipinski definition) is 1. The number of nitrogens with zero attached hydrogens (tertiary/aromatic N) is 1. The Labute approximate surface area is 126 Å². The Balaban J connectivity index is 1.86. The van der Waals surface area contributed by atoms with Gasteiger partial charge >= 0.3 is 0 Å². The van der Waals surface area contributed by atoms with E-state index in [-0.39, 0.29) is 11.4 Å². The Kier molecular flexibility index (Phi) is 4.34. The highest BCUT2D eigenvalue weighted by molar-refractivity contribution is 5.59. The van der Waals surface area contributed by atoms with E-state index in [0.717, 1.165) is 31.7 Å². The summed E-state index contributed by atoms with van der Waals surface area (Å²) in [5.74, 6) is 0.402. The molecular weight excluding hydrogens is 267 g/mol. The molecule has 2 aliphatic rings. The SMILES string of the molecule is COc1cc(F)ccc1N1CCCNC2(CCCCC2)C1. The number of nitrogens with one attached hydrogen (secondary N) is 1. The zero-order chi connectivity index (χ0) is 14.7. The van der Waals surface area contributed by atoms with Crippen LogP contribution >= 0.6 is 0 Å². The predicted octanol–water partition coefficient (Wildman–Crippen LogP) is 3.34. The molecule has 0 aromatic heterocycles. The monoisotopic (exact) mass is 292 g/mol. The van der Waals surface area contributed by atoms with E-state index >= 15 is 0 Å². The van der Waals surface area contributed by atoms with Gasteiger partial charge in [-0.15, -0.1) is 0 Å². The smallest absolute Gasteiger partial charge is 0.145 e. The van der Waals surface area contributed by atoms with Crippen molar-refractivity contribution < 1.29 is 9.13 Å². The fourth-order valence-corrected chi connectivity index (χ4v) is 3.81. The summed E-state index contributed by atoms with van der Waals surface area (Å²) in [6, 6.07) is 4.88. The second-order valence-corrected chi connectivity index (χ2v) is 6.36. The number of methoxy groups -OCH3 is 1. The molecule has 0 bridgehead atoms. The van der Waals surface area contributed by atoms with Crippen LogP contribution in [0.2, 0.25) is 0 Å². The number of anilines is 1.